The Morgan fingerprint density at radius 2 is 1.77 bits per heavy atom. The minimum Gasteiger partial charge on any atom is -0.319 e. The van der Waals surface area contributed by atoms with Gasteiger partial charge in [-0.2, -0.15) is 0 Å². The predicted molar refractivity (Wildman–Crippen MR) is 89.7 cm³/mol. The summed E-state index contributed by atoms with van der Waals surface area (Å²) in [5.41, 5.74) is -0.983. The highest BCUT2D eigenvalue weighted by molar-refractivity contribution is 6.30. The fourth-order valence-electron chi connectivity index (χ4n) is 2.72. The van der Waals surface area contributed by atoms with Crippen LogP contribution in [0.2, 0.25) is 5.02 Å². The summed E-state index contributed by atoms with van der Waals surface area (Å²) in [6, 6.07) is 8.25. The summed E-state index contributed by atoms with van der Waals surface area (Å²) in [6.45, 7) is 0.928. The molecule has 1 atom stereocenters. The number of imide groups is 1. The second kappa shape index (κ2) is 6.49. The van der Waals surface area contributed by atoms with Crippen molar-refractivity contribution in [2.24, 2.45) is 0 Å². The van der Waals surface area contributed by atoms with Crippen molar-refractivity contribution in [3.05, 3.63) is 70.2 Å². The minimum absolute atomic E-state index is 0.135. The van der Waals surface area contributed by atoms with Crippen LogP contribution in [0.4, 0.5) is 13.6 Å². The Balaban J connectivity index is 1.84. The van der Waals surface area contributed by atoms with Gasteiger partial charge >= 0.3 is 6.03 Å². The summed E-state index contributed by atoms with van der Waals surface area (Å²) >= 11 is 5.83. The Morgan fingerprint density at radius 1 is 1.12 bits per heavy atom. The maximum atomic E-state index is 13.3. The number of nitrogens with zero attached hydrogens (tertiary/aromatic N) is 1. The Labute approximate surface area is 152 Å². The van der Waals surface area contributed by atoms with Gasteiger partial charge in [0.05, 0.1) is 6.54 Å². The first kappa shape index (κ1) is 18.0. The molecule has 0 saturated carbocycles. The lowest BCUT2D eigenvalue weighted by Gasteiger charge is -2.22. The van der Waals surface area contributed by atoms with Crippen molar-refractivity contribution in [1.29, 1.82) is 0 Å². The summed E-state index contributed by atoms with van der Waals surface area (Å²) in [4.78, 5) is 38.0. The van der Waals surface area contributed by atoms with Crippen LogP contribution in [0, 0.1) is 11.6 Å². The SMILES string of the molecule is CC1(c2ccc(Cl)cc2)NC(=O)N(CC(=O)c2ccc(F)c(F)c2)C1=O. The smallest absolute Gasteiger partial charge is 0.319 e. The Kier molecular flexibility index (Phi) is 4.50. The van der Waals surface area contributed by atoms with E-state index in [9.17, 15) is 23.2 Å². The van der Waals surface area contributed by atoms with Gasteiger partial charge in [-0.05, 0) is 42.8 Å². The van der Waals surface area contributed by atoms with E-state index in [4.69, 9.17) is 11.6 Å². The summed E-state index contributed by atoms with van der Waals surface area (Å²) in [6.07, 6.45) is 0. The summed E-state index contributed by atoms with van der Waals surface area (Å²) in [5.74, 6) is -3.58. The monoisotopic (exact) mass is 378 g/mol. The number of amides is 3. The molecule has 1 N–H and O–H groups in total. The van der Waals surface area contributed by atoms with Crippen LogP contribution in [0.15, 0.2) is 42.5 Å². The quantitative estimate of drug-likeness (QED) is 0.656. The van der Waals surface area contributed by atoms with Crippen LogP contribution in [-0.4, -0.2) is 29.2 Å². The molecule has 0 aliphatic carbocycles. The highest BCUT2D eigenvalue weighted by atomic mass is 35.5. The van der Waals surface area contributed by atoms with Gasteiger partial charge in [0.2, 0.25) is 0 Å². The highest BCUT2D eigenvalue weighted by Crippen LogP contribution is 2.29. The zero-order chi connectivity index (χ0) is 19.1. The molecule has 3 rings (SSSR count). The van der Waals surface area contributed by atoms with E-state index in [2.05, 4.69) is 5.32 Å². The van der Waals surface area contributed by atoms with Gasteiger partial charge in [-0.25, -0.2) is 13.6 Å². The normalized spacial score (nSPS) is 19.6. The topological polar surface area (TPSA) is 66.5 Å². The van der Waals surface area contributed by atoms with E-state index >= 15 is 0 Å². The second-order valence-electron chi connectivity index (χ2n) is 6.01. The fourth-order valence-corrected chi connectivity index (χ4v) is 2.85. The largest absolute Gasteiger partial charge is 0.325 e. The Bertz CT molecular complexity index is 917. The van der Waals surface area contributed by atoms with Crippen LogP contribution in [0.1, 0.15) is 22.8 Å². The minimum atomic E-state index is -1.35. The van der Waals surface area contributed by atoms with Crippen molar-refractivity contribution in [1.82, 2.24) is 10.2 Å². The zero-order valence-electron chi connectivity index (χ0n) is 13.6. The molecule has 1 fully saturated rings. The molecule has 0 bridgehead atoms. The van der Waals surface area contributed by atoms with Gasteiger partial charge in [0.25, 0.3) is 5.91 Å². The molecule has 1 unspecified atom stereocenters. The average Bonchev–Trinajstić information content (AvgIpc) is 2.82. The molecular formula is C18H13ClF2N2O3. The van der Waals surface area contributed by atoms with Gasteiger partial charge < -0.3 is 5.32 Å². The molecule has 0 aromatic heterocycles. The third kappa shape index (κ3) is 3.06. The van der Waals surface area contributed by atoms with Gasteiger partial charge in [0.15, 0.2) is 17.4 Å². The van der Waals surface area contributed by atoms with Gasteiger partial charge in [-0.3, -0.25) is 14.5 Å². The first-order valence-electron chi connectivity index (χ1n) is 7.61. The molecule has 0 radical (unpaired) electrons. The third-order valence-electron chi connectivity index (χ3n) is 4.24. The predicted octanol–water partition coefficient (Wildman–Crippen LogP) is 3.27. The van der Waals surface area contributed by atoms with Crippen LogP contribution >= 0.6 is 11.6 Å². The molecule has 5 nitrogen and oxygen atoms in total. The lowest BCUT2D eigenvalue weighted by Crippen LogP contribution is -2.41. The molecule has 2 aromatic carbocycles. The number of urea groups is 1. The molecule has 1 aliphatic rings. The van der Waals surface area contributed by atoms with Crippen molar-refractivity contribution in [2.45, 2.75) is 12.5 Å². The number of benzene rings is 2. The van der Waals surface area contributed by atoms with E-state index in [-0.39, 0.29) is 5.56 Å². The molecule has 1 saturated heterocycles. The fraction of sp³-hybridized carbons (Fsp3) is 0.167. The van der Waals surface area contributed by atoms with Gasteiger partial charge in [-0.1, -0.05) is 23.7 Å². The molecule has 134 valence electrons. The summed E-state index contributed by atoms with van der Waals surface area (Å²) < 4.78 is 26.3. The van der Waals surface area contributed by atoms with Crippen LogP contribution in [0.25, 0.3) is 0 Å². The van der Waals surface area contributed by atoms with E-state index in [0.29, 0.717) is 10.6 Å². The number of halogens is 3. The zero-order valence-corrected chi connectivity index (χ0v) is 14.3. The Hall–Kier alpha value is -2.80. The number of Topliss-reactive ketones (excluding diaryl/α,β-unsaturated/α-hetero) is 1. The van der Waals surface area contributed by atoms with Gasteiger partial charge in [0.1, 0.15) is 5.54 Å². The van der Waals surface area contributed by atoms with Crippen LogP contribution in [-0.2, 0) is 10.3 Å². The summed E-state index contributed by atoms with van der Waals surface area (Å²) in [5, 5.41) is 3.02. The summed E-state index contributed by atoms with van der Waals surface area (Å²) in [7, 11) is 0. The van der Waals surface area contributed by atoms with Crippen LogP contribution in [0.3, 0.4) is 0 Å². The average molecular weight is 379 g/mol. The lowest BCUT2D eigenvalue weighted by atomic mass is 9.92. The highest BCUT2D eigenvalue weighted by Gasteiger charge is 2.49. The van der Waals surface area contributed by atoms with E-state index in [1.165, 1.54) is 6.92 Å². The standard InChI is InChI=1S/C18H13ClF2N2O3/c1-18(11-3-5-12(19)6-4-11)16(25)23(17(26)22-18)9-15(24)10-2-7-13(20)14(21)8-10/h2-8H,9H2,1H3,(H,22,26). The van der Waals surface area contributed by atoms with E-state index in [1.807, 2.05) is 0 Å². The Morgan fingerprint density at radius 3 is 2.38 bits per heavy atom. The van der Waals surface area contributed by atoms with Crippen LogP contribution in [0.5, 0.6) is 0 Å². The number of nitrogens with one attached hydrogen (secondary N) is 1. The molecule has 1 heterocycles. The lowest BCUT2D eigenvalue weighted by molar-refractivity contribution is -0.130. The number of carbonyl (C=O) groups is 3. The van der Waals surface area contributed by atoms with Crippen molar-refractivity contribution in [2.75, 3.05) is 6.54 Å². The van der Waals surface area contributed by atoms with Crippen molar-refractivity contribution in [3.63, 3.8) is 0 Å². The number of ketones is 1. The molecule has 2 aromatic rings. The third-order valence-corrected chi connectivity index (χ3v) is 4.49. The molecule has 0 spiro atoms. The van der Waals surface area contributed by atoms with Crippen molar-refractivity contribution in [3.8, 4) is 0 Å². The van der Waals surface area contributed by atoms with Gasteiger partial charge in [-0.15, -0.1) is 0 Å². The number of carbonyl (C=O) groups excluding carboxylic acids is 3. The maximum Gasteiger partial charge on any atom is 0.325 e. The first-order valence-corrected chi connectivity index (χ1v) is 7.98. The van der Waals surface area contributed by atoms with Crippen LogP contribution < -0.4 is 5.32 Å². The number of hydrogen-bond acceptors (Lipinski definition) is 3. The second-order valence-corrected chi connectivity index (χ2v) is 6.44. The van der Waals surface area contributed by atoms with E-state index in [1.54, 1.807) is 24.3 Å². The molecule has 3 amide bonds. The maximum absolute atomic E-state index is 13.3. The van der Waals surface area contributed by atoms with Gasteiger partial charge in [0, 0.05) is 10.6 Å². The van der Waals surface area contributed by atoms with Crippen molar-refractivity contribution < 1.29 is 23.2 Å². The first-order chi connectivity index (χ1) is 12.2. The molecule has 8 heteroatoms. The molecular weight excluding hydrogens is 366 g/mol. The number of hydrogen-bond donors (Lipinski definition) is 1. The molecule has 26 heavy (non-hydrogen) atoms. The molecule has 1 aliphatic heterocycles. The van der Waals surface area contributed by atoms with E-state index < -0.39 is 41.4 Å². The number of rotatable bonds is 4. The van der Waals surface area contributed by atoms with E-state index in [0.717, 1.165) is 23.1 Å². The van der Waals surface area contributed by atoms with Crippen molar-refractivity contribution >= 4 is 29.3 Å².